The Hall–Kier alpha value is -1.47. The number of amides is 1. The average Bonchev–Trinajstić information content (AvgIpc) is 3.04. The van der Waals surface area contributed by atoms with Gasteiger partial charge in [0.15, 0.2) is 0 Å². The van der Waals surface area contributed by atoms with Crippen LogP contribution in [0.5, 0.6) is 0 Å². The van der Waals surface area contributed by atoms with Gasteiger partial charge in [-0.15, -0.1) is 11.3 Å². The monoisotopic (exact) mass is 393 g/mol. The van der Waals surface area contributed by atoms with Gasteiger partial charge >= 0.3 is 0 Å². The van der Waals surface area contributed by atoms with Crippen molar-refractivity contribution in [3.8, 4) is 10.6 Å². The minimum absolute atomic E-state index is 0.0108. The Labute approximate surface area is 162 Å². The van der Waals surface area contributed by atoms with Crippen molar-refractivity contribution >= 4 is 28.8 Å². The molecule has 1 fully saturated rings. The van der Waals surface area contributed by atoms with Gasteiger partial charge in [-0.3, -0.25) is 4.79 Å². The molecule has 0 saturated carbocycles. The van der Waals surface area contributed by atoms with Crippen LogP contribution in [0.25, 0.3) is 10.6 Å². The molecule has 1 atom stereocenters. The SMILES string of the molecule is Cc1nc(-c2ccc(Cl)cc2)sc1C(C)NC(=O)C1(CN)CCOCC1. The highest BCUT2D eigenvalue weighted by atomic mass is 35.5. The first kappa shape index (κ1) is 19.3. The van der Waals surface area contributed by atoms with Crippen LogP contribution < -0.4 is 11.1 Å². The fourth-order valence-electron chi connectivity index (χ4n) is 3.23. The second-order valence-electron chi connectivity index (χ2n) is 6.77. The normalized spacial score (nSPS) is 17.7. The number of hydrogen-bond donors (Lipinski definition) is 2. The highest BCUT2D eigenvalue weighted by Gasteiger charge is 2.39. The number of nitrogens with two attached hydrogens (primary N) is 1. The van der Waals surface area contributed by atoms with Gasteiger partial charge in [0.25, 0.3) is 0 Å². The fourth-order valence-corrected chi connectivity index (χ4v) is 4.43. The predicted octanol–water partition coefficient (Wildman–Crippen LogP) is 3.70. The molecule has 1 unspecified atom stereocenters. The largest absolute Gasteiger partial charge is 0.381 e. The summed E-state index contributed by atoms with van der Waals surface area (Å²) in [5.74, 6) is 0.0108. The van der Waals surface area contributed by atoms with Gasteiger partial charge in [-0.1, -0.05) is 23.7 Å². The highest BCUT2D eigenvalue weighted by Crippen LogP contribution is 2.34. The lowest BCUT2D eigenvalue weighted by Gasteiger charge is -2.35. The lowest BCUT2D eigenvalue weighted by molar-refractivity contribution is -0.136. The zero-order valence-electron chi connectivity index (χ0n) is 15.0. The third-order valence-electron chi connectivity index (χ3n) is 4.99. The topological polar surface area (TPSA) is 77.2 Å². The molecule has 1 aliphatic rings. The van der Waals surface area contributed by atoms with Gasteiger partial charge in [0.1, 0.15) is 5.01 Å². The Morgan fingerprint density at radius 3 is 2.65 bits per heavy atom. The van der Waals surface area contributed by atoms with E-state index in [9.17, 15) is 4.79 Å². The number of nitrogens with one attached hydrogen (secondary N) is 1. The number of aryl methyl sites for hydroxylation is 1. The first-order valence-corrected chi connectivity index (χ1v) is 9.97. The number of rotatable bonds is 5. The van der Waals surface area contributed by atoms with E-state index in [0.29, 0.717) is 37.6 Å². The lowest BCUT2D eigenvalue weighted by Crippen LogP contribution is -2.49. The summed E-state index contributed by atoms with van der Waals surface area (Å²) in [7, 11) is 0. The summed E-state index contributed by atoms with van der Waals surface area (Å²) < 4.78 is 5.39. The van der Waals surface area contributed by atoms with E-state index in [2.05, 4.69) is 10.3 Å². The maximum Gasteiger partial charge on any atom is 0.228 e. The summed E-state index contributed by atoms with van der Waals surface area (Å²) in [6, 6.07) is 7.51. The van der Waals surface area contributed by atoms with E-state index < -0.39 is 5.41 Å². The van der Waals surface area contributed by atoms with E-state index in [1.54, 1.807) is 11.3 Å². The molecule has 2 aromatic rings. The third-order valence-corrected chi connectivity index (χ3v) is 6.63. The van der Waals surface area contributed by atoms with E-state index in [0.717, 1.165) is 21.1 Å². The first-order chi connectivity index (χ1) is 12.4. The molecule has 3 N–H and O–H groups in total. The number of ether oxygens (including phenoxy) is 1. The second kappa shape index (κ2) is 8.05. The standard InChI is InChI=1S/C19H24ClN3O2S/c1-12-16(26-17(22-12)14-3-5-15(20)6-4-14)13(2)23-18(24)19(11-21)7-9-25-10-8-19/h3-6,13H,7-11,21H2,1-2H3,(H,23,24). The highest BCUT2D eigenvalue weighted by molar-refractivity contribution is 7.15. The van der Waals surface area contributed by atoms with Crippen molar-refractivity contribution < 1.29 is 9.53 Å². The van der Waals surface area contributed by atoms with Crippen molar-refractivity contribution in [3.63, 3.8) is 0 Å². The number of nitrogens with zero attached hydrogens (tertiary/aromatic N) is 1. The van der Waals surface area contributed by atoms with Gasteiger partial charge in [0.2, 0.25) is 5.91 Å². The summed E-state index contributed by atoms with van der Waals surface area (Å²) in [5.41, 5.74) is 7.37. The van der Waals surface area contributed by atoms with Crippen LogP contribution in [0, 0.1) is 12.3 Å². The van der Waals surface area contributed by atoms with Crippen molar-refractivity contribution in [2.24, 2.45) is 11.1 Å². The van der Waals surface area contributed by atoms with Crippen molar-refractivity contribution in [3.05, 3.63) is 39.9 Å². The number of halogens is 1. The molecule has 1 aromatic carbocycles. The molecule has 1 saturated heterocycles. The van der Waals surface area contributed by atoms with E-state index >= 15 is 0 Å². The molecule has 0 bridgehead atoms. The van der Waals surface area contributed by atoms with Crippen LogP contribution >= 0.6 is 22.9 Å². The van der Waals surface area contributed by atoms with Gasteiger partial charge in [-0.2, -0.15) is 0 Å². The molecule has 1 amide bonds. The molecule has 3 rings (SSSR count). The van der Waals surface area contributed by atoms with E-state index in [-0.39, 0.29) is 11.9 Å². The zero-order chi connectivity index (χ0) is 18.7. The summed E-state index contributed by atoms with van der Waals surface area (Å²) in [6.45, 7) is 5.47. The number of hydrogen-bond acceptors (Lipinski definition) is 5. The first-order valence-electron chi connectivity index (χ1n) is 8.77. The Morgan fingerprint density at radius 1 is 1.38 bits per heavy atom. The van der Waals surface area contributed by atoms with Crippen molar-refractivity contribution in [2.45, 2.75) is 32.7 Å². The van der Waals surface area contributed by atoms with Crippen molar-refractivity contribution in [1.82, 2.24) is 10.3 Å². The summed E-state index contributed by atoms with van der Waals surface area (Å²) >= 11 is 7.56. The maximum absolute atomic E-state index is 12.9. The van der Waals surface area contributed by atoms with Crippen LogP contribution in [0.2, 0.25) is 5.02 Å². The maximum atomic E-state index is 12.9. The molecular formula is C19H24ClN3O2S. The lowest BCUT2D eigenvalue weighted by atomic mass is 9.79. The van der Waals surface area contributed by atoms with E-state index in [1.807, 2.05) is 38.1 Å². The predicted molar refractivity (Wildman–Crippen MR) is 105 cm³/mol. The Kier molecular flexibility index (Phi) is 5.97. The molecule has 1 aromatic heterocycles. The van der Waals surface area contributed by atoms with Crippen molar-refractivity contribution in [1.29, 1.82) is 0 Å². The second-order valence-corrected chi connectivity index (χ2v) is 8.23. The summed E-state index contributed by atoms with van der Waals surface area (Å²) in [6.07, 6.45) is 1.33. The molecule has 0 spiro atoms. The quantitative estimate of drug-likeness (QED) is 0.811. The third kappa shape index (κ3) is 3.93. The molecule has 140 valence electrons. The summed E-state index contributed by atoms with van der Waals surface area (Å²) in [5, 5.41) is 4.77. The fraction of sp³-hybridized carbons (Fsp3) is 0.474. The van der Waals surface area contributed by atoms with Crippen LogP contribution in [0.3, 0.4) is 0 Å². The van der Waals surface area contributed by atoms with Crippen molar-refractivity contribution in [2.75, 3.05) is 19.8 Å². The van der Waals surface area contributed by atoms with Crippen LogP contribution in [0.4, 0.5) is 0 Å². The molecular weight excluding hydrogens is 370 g/mol. The molecule has 0 radical (unpaired) electrons. The van der Waals surface area contributed by atoms with Gasteiger partial charge in [0, 0.05) is 30.3 Å². The molecule has 5 nitrogen and oxygen atoms in total. The minimum atomic E-state index is -0.524. The van der Waals surface area contributed by atoms with Crippen LogP contribution in [-0.2, 0) is 9.53 Å². The van der Waals surface area contributed by atoms with Gasteiger partial charge < -0.3 is 15.8 Å². The molecule has 1 aliphatic heterocycles. The Balaban J connectivity index is 1.76. The average molecular weight is 394 g/mol. The van der Waals surface area contributed by atoms with E-state index in [4.69, 9.17) is 22.1 Å². The Bertz CT molecular complexity index is 770. The zero-order valence-corrected chi connectivity index (χ0v) is 16.6. The van der Waals surface area contributed by atoms with Gasteiger partial charge in [-0.05, 0) is 38.8 Å². The number of benzene rings is 1. The number of thiazole rings is 1. The number of carbonyl (C=O) groups excluding carboxylic acids is 1. The molecule has 7 heteroatoms. The molecule has 0 aliphatic carbocycles. The Morgan fingerprint density at radius 2 is 2.04 bits per heavy atom. The van der Waals surface area contributed by atoms with Crippen LogP contribution in [0.1, 0.15) is 36.4 Å². The van der Waals surface area contributed by atoms with E-state index in [1.165, 1.54) is 0 Å². The smallest absolute Gasteiger partial charge is 0.228 e. The number of aromatic nitrogens is 1. The van der Waals surface area contributed by atoms with Gasteiger partial charge in [0.05, 0.1) is 22.0 Å². The van der Waals surface area contributed by atoms with Crippen LogP contribution in [0.15, 0.2) is 24.3 Å². The summed E-state index contributed by atoms with van der Waals surface area (Å²) in [4.78, 5) is 18.6. The van der Waals surface area contributed by atoms with Crippen LogP contribution in [-0.4, -0.2) is 30.6 Å². The van der Waals surface area contributed by atoms with Gasteiger partial charge in [-0.25, -0.2) is 4.98 Å². The minimum Gasteiger partial charge on any atom is -0.381 e. The number of carbonyl (C=O) groups is 1. The molecule has 2 heterocycles. The molecule has 26 heavy (non-hydrogen) atoms.